The van der Waals surface area contributed by atoms with E-state index >= 15 is 0 Å². The summed E-state index contributed by atoms with van der Waals surface area (Å²) in [6.07, 6.45) is 5.61. The van der Waals surface area contributed by atoms with E-state index in [1.54, 1.807) is 12.3 Å². The molecule has 0 bridgehead atoms. The topological polar surface area (TPSA) is 74.6 Å². The molecule has 0 spiro atoms. The molecule has 54 valence electrons. The molecule has 0 radical (unpaired) electrons. The van der Waals surface area contributed by atoms with Crippen LogP contribution in [0.1, 0.15) is 6.92 Å². The normalized spacial score (nSPS) is 13.1. The third-order valence-electron chi connectivity index (χ3n) is 0.656. The molecular formula is C6H10N4. The van der Waals surface area contributed by atoms with Crippen LogP contribution in [-0.4, -0.2) is 18.4 Å². The average molecular weight is 138 g/mol. The van der Waals surface area contributed by atoms with Crippen molar-refractivity contribution >= 4 is 18.4 Å². The zero-order valence-electron chi connectivity index (χ0n) is 5.78. The fraction of sp³-hybridized carbons (Fsp3) is 0.167. The van der Waals surface area contributed by atoms with Gasteiger partial charge in [-0.25, -0.2) is 4.99 Å². The highest BCUT2D eigenvalue weighted by molar-refractivity contribution is 6.30. The first kappa shape index (κ1) is 8.55. The number of rotatable bonds is 3. The van der Waals surface area contributed by atoms with Crippen molar-refractivity contribution in [3.8, 4) is 0 Å². The lowest BCUT2D eigenvalue weighted by Gasteiger charge is -1.82. The quantitative estimate of drug-likeness (QED) is 0.434. The Morgan fingerprint density at radius 3 is 2.80 bits per heavy atom. The van der Waals surface area contributed by atoms with Gasteiger partial charge in [0.2, 0.25) is 0 Å². The average Bonchev–Trinajstić information content (AvgIpc) is 1.89. The number of hydrogen-bond acceptors (Lipinski definition) is 2. The van der Waals surface area contributed by atoms with Crippen LogP contribution in [0.3, 0.4) is 0 Å². The monoisotopic (exact) mass is 138 g/mol. The molecule has 0 amide bonds. The van der Waals surface area contributed by atoms with Gasteiger partial charge in [0, 0.05) is 6.20 Å². The van der Waals surface area contributed by atoms with Crippen LogP contribution >= 0.6 is 0 Å². The van der Waals surface area contributed by atoms with Crippen LogP contribution in [0.2, 0.25) is 0 Å². The maximum absolute atomic E-state index is 6.54. The number of nitrogens with two attached hydrogens (primary N) is 1. The summed E-state index contributed by atoms with van der Waals surface area (Å²) in [5.74, 6) is 0.230. The Bertz CT molecular complexity index is 178. The second-order valence-electron chi connectivity index (χ2n) is 1.44. The molecule has 0 aliphatic carbocycles. The standard InChI is InChI=1S/C6H10N4/c1-2-3-9-4-6(8)10-5-7/h2-5H,1H3,(H3,7,8,10)/b3-2+,9-4?. The summed E-state index contributed by atoms with van der Waals surface area (Å²) in [5, 5.41) is 6.54. The van der Waals surface area contributed by atoms with E-state index in [-0.39, 0.29) is 5.84 Å². The van der Waals surface area contributed by atoms with Gasteiger partial charge in [0.15, 0.2) is 0 Å². The van der Waals surface area contributed by atoms with E-state index in [1.807, 2.05) is 6.92 Å². The van der Waals surface area contributed by atoms with Crippen molar-refractivity contribution in [1.82, 2.24) is 0 Å². The minimum absolute atomic E-state index is 0.230. The smallest absolute Gasteiger partial charge is 0.143 e. The second kappa shape index (κ2) is 5.68. The fourth-order valence-corrected chi connectivity index (χ4v) is 0.313. The van der Waals surface area contributed by atoms with E-state index in [0.717, 1.165) is 6.34 Å². The SMILES string of the molecule is C/C=C/N=CC(N)=NC=N. The van der Waals surface area contributed by atoms with Gasteiger partial charge in [-0.05, 0) is 6.92 Å². The van der Waals surface area contributed by atoms with Crippen LogP contribution in [-0.2, 0) is 0 Å². The molecule has 0 rings (SSSR count). The highest BCUT2D eigenvalue weighted by Crippen LogP contribution is 1.70. The first-order valence-electron chi connectivity index (χ1n) is 2.77. The van der Waals surface area contributed by atoms with Gasteiger partial charge in [0.25, 0.3) is 0 Å². The molecule has 0 aromatic carbocycles. The number of amidine groups is 1. The molecule has 0 saturated heterocycles. The summed E-state index contributed by atoms with van der Waals surface area (Å²) >= 11 is 0. The van der Waals surface area contributed by atoms with Crippen molar-refractivity contribution in [1.29, 1.82) is 5.41 Å². The molecule has 0 unspecified atom stereocenters. The Hall–Kier alpha value is -1.45. The molecule has 0 aliphatic heterocycles. The summed E-state index contributed by atoms with van der Waals surface area (Å²) in [6.45, 7) is 1.85. The largest absolute Gasteiger partial charge is 0.382 e. The minimum Gasteiger partial charge on any atom is -0.382 e. The first-order chi connectivity index (χ1) is 4.81. The van der Waals surface area contributed by atoms with Crippen molar-refractivity contribution in [3.05, 3.63) is 12.3 Å². The van der Waals surface area contributed by atoms with Gasteiger partial charge in [-0.1, -0.05) is 6.08 Å². The fourth-order valence-electron chi connectivity index (χ4n) is 0.313. The summed E-state index contributed by atoms with van der Waals surface area (Å²) in [4.78, 5) is 7.19. The number of nitrogens with zero attached hydrogens (tertiary/aromatic N) is 2. The van der Waals surface area contributed by atoms with Crippen LogP contribution in [0.15, 0.2) is 22.3 Å². The molecule has 0 atom stereocenters. The molecule has 4 heteroatoms. The molecule has 10 heavy (non-hydrogen) atoms. The highest BCUT2D eigenvalue weighted by atomic mass is 14.9. The molecular weight excluding hydrogens is 128 g/mol. The Balaban J connectivity index is 3.88. The molecule has 4 nitrogen and oxygen atoms in total. The molecule has 0 heterocycles. The third-order valence-corrected chi connectivity index (χ3v) is 0.656. The van der Waals surface area contributed by atoms with Gasteiger partial charge < -0.3 is 5.73 Å². The third kappa shape index (κ3) is 4.70. The Morgan fingerprint density at radius 1 is 1.60 bits per heavy atom. The Morgan fingerprint density at radius 2 is 2.30 bits per heavy atom. The van der Waals surface area contributed by atoms with Crippen LogP contribution < -0.4 is 5.73 Å². The van der Waals surface area contributed by atoms with Crippen molar-refractivity contribution in [2.24, 2.45) is 15.7 Å². The zero-order chi connectivity index (χ0) is 7.82. The number of allylic oxidation sites excluding steroid dienone is 1. The first-order valence-corrected chi connectivity index (χ1v) is 2.77. The van der Waals surface area contributed by atoms with Crippen LogP contribution in [0.25, 0.3) is 0 Å². The number of hydrogen-bond donors (Lipinski definition) is 2. The summed E-state index contributed by atoms with van der Waals surface area (Å²) in [5.41, 5.74) is 5.24. The van der Waals surface area contributed by atoms with Crippen molar-refractivity contribution < 1.29 is 0 Å². The van der Waals surface area contributed by atoms with Crippen LogP contribution in [0.5, 0.6) is 0 Å². The van der Waals surface area contributed by atoms with Crippen molar-refractivity contribution in [3.63, 3.8) is 0 Å². The Labute approximate surface area is 59.7 Å². The lowest BCUT2D eigenvalue weighted by Crippen LogP contribution is -2.12. The van der Waals surface area contributed by atoms with Crippen LogP contribution in [0, 0.1) is 5.41 Å². The maximum atomic E-state index is 6.54. The maximum Gasteiger partial charge on any atom is 0.143 e. The minimum atomic E-state index is 0.230. The predicted molar refractivity (Wildman–Crippen MR) is 43.7 cm³/mol. The van der Waals surface area contributed by atoms with Crippen molar-refractivity contribution in [2.75, 3.05) is 0 Å². The molecule has 0 aromatic heterocycles. The van der Waals surface area contributed by atoms with Gasteiger partial charge in [-0.2, -0.15) is 0 Å². The molecule has 0 aliphatic rings. The van der Waals surface area contributed by atoms with Crippen molar-refractivity contribution in [2.45, 2.75) is 6.92 Å². The van der Waals surface area contributed by atoms with Gasteiger partial charge in [-0.3, -0.25) is 10.4 Å². The zero-order valence-corrected chi connectivity index (χ0v) is 5.78. The molecule has 0 fully saturated rings. The summed E-state index contributed by atoms with van der Waals surface area (Å²) < 4.78 is 0. The molecule has 0 aromatic rings. The Kier molecular flexibility index (Phi) is 4.86. The van der Waals surface area contributed by atoms with Gasteiger partial charge in [0.05, 0.1) is 6.21 Å². The number of aliphatic imine (C=N–C) groups is 2. The van der Waals surface area contributed by atoms with Gasteiger partial charge in [-0.15, -0.1) is 0 Å². The van der Waals surface area contributed by atoms with E-state index in [1.165, 1.54) is 6.21 Å². The summed E-state index contributed by atoms with van der Waals surface area (Å²) in [7, 11) is 0. The highest BCUT2D eigenvalue weighted by Gasteiger charge is 1.77. The van der Waals surface area contributed by atoms with E-state index in [4.69, 9.17) is 11.1 Å². The predicted octanol–water partition coefficient (Wildman–Crippen LogP) is 0.555. The van der Waals surface area contributed by atoms with E-state index in [0.29, 0.717) is 0 Å². The molecule has 0 saturated carbocycles. The van der Waals surface area contributed by atoms with E-state index < -0.39 is 0 Å². The lowest BCUT2D eigenvalue weighted by molar-refractivity contribution is 1.50. The second-order valence-corrected chi connectivity index (χ2v) is 1.44. The van der Waals surface area contributed by atoms with Crippen LogP contribution in [0.4, 0.5) is 0 Å². The lowest BCUT2D eigenvalue weighted by atomic mass is 10.6. The van der Waals surface area contributed by atoms with Gasteiger partial charge >= 0.3 is 0 Å². The van der Waals surface area contributed by atoms with E-state index in [9.17, 15) is 0 Å². The summed E-state index contributed by atoms with van der Waals surface area (Å²) in [6, 6.07) is 0. The number of nitrogens with one attached hydrogen (secondary N) is 1. The molecule has 3 N–H and O–H groups in total. The van der Waals surface area contributed by atoms with Gasteiger partial charge in [0.1, 0.15) is 12.2 Å². The van der Waals surface area contributed by atoms with E-state index in [2.05, 4.69) is 9.98 Å².